The molecule has 0 bridgehead atoms. The maximum absolute atomic E-state index is 5.56. The predicted octanol–water partition coefficient (Wildman–Crippen LogP) is 14.8. The molecule has 1 nitrogen and oxygen atoms in total. The van der Waals surface area contributed by atoms with Crippen LogP contribution in [0.3, 0.4) is 0 Å². The molecule has 60 heavy (non-hydrogen) atoms. The fourth-order valence-corrected chi connectivity index (χ4v) is 11.4. The molecule has 9 aromatic rings. The van der Waals surface area contributed by atoms with Gasteiger partial charge in [-0.05, 0) is 133 Å². The van der Waals surface area contributed by atoms with Gasteiger partial charge in [-0.2, -0.15) is 0 Å². The molecule has 0 N–H and O–H groups in total. The second-order valence-electron chi connectivity index (χ2n) is 17.6. The molecular formula is C59H45N. The summed E-state index contributed by atoms with van der Waals surface area (Å²) in [6, 6.07) is 70.6. The molecule has 286 valence electrons. The minimum atomic E-state index is -0.515. The van der Waals surface area contributed by atoms with Crippen molar-refractivity contribution in [2.75, 3.05) is 0 Å². The van der Waals surface area contributed by atoms with Crippen LogP contribution in [-0.4, -0.2) is 4.98 Å². The molecule has 1 heteroatoms. The molecule has 0 radical (unpaired) electrons. The molecule has 3 aliphatic carbocycles. The van der Waals surface area contributed by atoms with Crippen LogP contribution in [-0.2, 0) is 23.7 Å². The van der Waals surface area contributed by atoms with Gasteiger partial charge in [-0.3, -0.25) is 0 Å². The number of rotatable bonds is 4. The van der Waals surface area contributed by atoms with Gasteiger partial charge in [-0.25, -0.2) is 4.98 Å². The number of hydrogen-bond acceptors (Lipinski definition) is 1. The highest BCUT2D eigenvalue weighted by atomic mass is 14.7. The van der Waals surface area contributed by atoms with E-state index in [4.69, 9.17) is 4.98 Å². The fraction of sp³-hybridized carbons (Fsp3) is 0.136. The van der Waals surface area contributed by atoms with Crippen molar-refractivity contribution in [2.45, 2.75) is 50.4 Å². The number of benzene rings is 8. The summed E-state index contributed by atoms with van der Waals surface area (Å²) in [5.74, 6) is 0. The van der Waals surface area contributed by atoms with Crippen molar-refractivity contribution < 1.29 is 0 Å². The smallest absolute Gasteiger partial charge is 0.0722 e. The SMILES string of the molecule is CC1(C)c2ccccc2C2(c3ccc(-c4cc5c(c6ccccc46)CCCC5)cc3-c3c(-c4cc(-c5ccccc5)cc(-c5ccccc5)n4)cccc32)c2ccccc21. The first kappa shape index (κ1) is 35.1. The Morgan fingerprint density at radius 1 is 0.383 bits per heavy atom. The summed E-state index contributed by atoms with van der Waals surface area (Å²) in [6.07, 6.45) is 4.82. The van der Waals surface area contributed by atoms with Crippen molar-refractivity contribution in [3.8, 4) is 55.9 Å². The van der Waals surface area contributed by atoms with E-state index < -0.39 is 5.41 Å². The third-order valence-electron chi connectivity index (χ3n) is 14.1. The van der Waals surface area contributed by atoms with Crippen LogP contribution in [0.4, 0.5) is 0 Å². The van der Waals surface area contributed by atoms with Crippen LogP contribution in [0.25, 0.3) is 66.7 Å². The number of pyridine rings is 1. The number of hydrogen-bond donors (Lipinski definition) is 0. The zero-order valence-electron chi connectivity index (χ0n) is 34.2. The largest absolute Gasteiger partial charge is 0.248 e. The van der Waals surface area contributed by atoms with Crippen LogP contribution in [0, 0.1) is 0 Å². The van der Waals surface area contributed by atoms with Crippen LogP contribution < -0.4 is 0 Å². The molecule has 12 rings (SSSR count). The van der Waals surface area contributed by atoms with Gasteiger partial charge in [0.15, 0.2) is 0 Å². The Kier molecular flexibility index (Phi) is 7.82. The standard InChI is InChI=1S/C59H45N/c1-58(2)50-27-13-15-29-52(50)59(53-30-16-14-28-51(53)58)49-33-32-41(47-34-40-22-9-10-23-43(40)44-24-11-12-25-45(44)47)35-48(49)57-46(26-17-31-54(57)59)56-37-42(38-18-5-3-6-19-38)36-55(60-56)39-20-7-4-8-21-39/h3-8,11-21,24-37H,9-10,22-23H2,1-2H3. The van der Waals surface area contributed by atoms with Gasteiger partial charge in [0.05, 0.1) is 16.8 Å². The van der Waals surface area contributed by atoms with E-state index in [0.29, 0.717) is 0 Å². The number of fused-ring (bicyclic) bond motifs is 12. The Hall–Kier alpha value is -6.83. The third kappa shape index (κ3) is 5.02. The summed E-state index contributed by atoms with van der Waals surface area (Å²) in [7, 11) is 0. The van der Waals surface area contributed by atoms with Crippen molar-refractivity contribution in [3.63, 3.8) is 0 Å². The summed E-state index contributed by atoms with van der Waals surface area (Å²) < 4.78 is 0. The summed E-state index contributed by atoms with van der Waals surface area (Å²) in [5.41, 5.74) is 22.3. The number of aromatic nitrogens is 1. The Balaban J connectivity index is 1.19. The molecule has 3 aliphatic rings. The molecule has 0 saturated carbocycles. The zero-order chi connectivity index (χ0) is 40.0. The highest BCUT2D eigenvalue weighted by Crippen LogP contribution is 2.64. The normalized spacial score (nSPS) is 15.2. The monoisotopic (exact) mass is 767 g/mol. The van der Waals surface area contributed by atoms with Crippen LogP contribution >= 0.6 is 0 Å². The molecule has 0 saturated heterocycles. The zero-order valence-corrected chi connectivity index (χ0v) is 34.2. The van der Waals surface area contributed by atoms with Gasteiger partial charge in [-0.15, -0.1) is 0 Å². The van der Waals surface area contributed by atoms with Gasteiger partial charge in [-0.1, -0.05) is 184 Å². The number of nitrogens with zero attached hydrogens (tertiary/aromatic N) is 1. The highest BCUT2D eigenvalue weighted by molar-refractivity contribution is 6.03. The summed E-state index contributed by atoms with van der Waals surface area (Å²) >= 11 is 0. The van der Waals surface area contributed by atoms with E-state index in [-0.39, 0.29) is 5.41 Å². The van der Waals surface area contributed by atoms with Crippen molar-refractivity contribution in [2.24, 2.45) is 0 Å². The van der Waals surface area contributed by atoms with E-state index in [2.05, 4.69) is 202 Å². The first-order chi connectivity index (χ1) is 29.5. The van der Waals surface area contributed by atoms with Gasteiger partial charge < -0.3 is 0 Å². The predicted molar refractivity (Wildman–Crippen MR) is 250 cm³/mol. The molecular weight excluding hydrogens is 723 g/mol. The molecule has 0 fully saturated rings. The first-order valence-electron chi connectivity index (χ1n) is 21.7. The van der Waals surface area contributed by atoms with E-state index in [0.717, 1.165) is 40.9 Å². The van der Waals surface area contributed by atoms with Crippen LogP contribution in [0.5, 0.6) is 0 Å². The van der Waals surface area contributed by atoms with Crippen molar-refractivity contribution in [3.05, 3.63) is 233 Å². The molecule has 1 aromatic heterocycles. The number of aryl methyl sites for hydroxylation is 2. The fourth-order valence-electron chi connectivity index (χ4n) is 11.4. The quantitative estimate of drug-likeness (QED) is 0.174. The lowest BCUT2D eigenvalue weighted by atomic mass is 9.55. The average molecular weight is 768 g/mol. The van der Waals surface area contributed by atoms with E-state index in [9.17, 15) is 0 Å². The van der Waals surface area contributed by atoms with Gasteiger partial charge in [0.25, 0.3) is 0 Å². The molecule has 1 heterocycles. The van der Waals surface area contributed by atoms with E-state index in [1.807, 2.05) is 0 Å². The van der Waals surface area contributed by atoms with Crippen LogP contribution in [0.1, 0.15) is 71.2 Å². The molecule has 0 aliphatic heterocycles. The Morgan fingerprint density at radius 3 is 1.72 bits per heavy atom. The second kappa shape index (κ2) is 13.3. The van der Waals surface area contributed by atoms with Crippen LogP contribution in [0.2, 0.25) is 0 Å². The Morgan fingerprint density at radius 2 is 0.983 bits per heavy atom. The molecule has 0 amide bonds. The van der Waals surface area contributed by atoms with Crippen molar-refractivity contribution >= 4 is 10.8 Å². The highest BCUT2D eigenvalue weighted by Gasteiger charge is 2.53. The maximum atomic E-state index is 5.56. The average Bonchev–Trinajstić information content (AvgIpc) is 3.61. The summed E-state index contributed by atoms with van der Waals surface area (Å²) in [5, 5.41) is 2.76. The molecule has 0 unspecified atom stereocenters. The third-order valence-corrected chi connectivity index (χ3v) is 14.1. The van der Waals surface area contributed by atoms with Crippen LogP contribution in [0.15, 0.2) is 188 Å². The Labute approximate surface area is 353 Å². The van der Waals surface area contributed by atoms with Gasteiger partial charge >= 0.3 is 0 Å². The van der Waals surface area contributed by atoms with Crippen molar-refractivity contribution in [1.29, 1.82) is 0 Å². The minimum absolute atomic E-state index is 0.170. The minimum Gasteiger partial charge on any atom is -0.248 e. The lowest BCUT2D eigenvalue weighted by Gasteiger charge is -2.46. The lowest BCUT2D eigenvalue weighted by molar-refractivity contribution is 0.563. The summed E-state index contributed by atoms with van der Waals surface area (Å²) in [6.45, 7) is 4.80. The van der Waals surface area contributed by atoms with E-state index in [1.165, 1.54) is 90.4 Å². The first-order valence-corrected chi connectivity index (χ1v) is 21.7. The van der Waals surface area contributed by atoms with Gasteiger partial charge in [0, 0.05) is 16.5 Å². The Bertz CT molecular complexity index is 3060. The van der Waals surface area contributed by atoms with Gasteiger partial charge in [0.1, 0.15) is 0 Å². The lowest BCUT2D eigenvalue weighted by Crippen LogP contribution is -2.40. The molecule has 1 spiro atoms. The second-order valence-corrected chi connectivity index (χ2v) is 17.6. The summed E-state index contributed by atoms with van der Waals surface area (Å²) in [4.78, 5) is 5.56. The van der Waals surface area contributed by atoms with Crippen molar-refractivity contribution in [1.82, 2.24) is 4.98 Å². The topological polar surface area (TPSA) is 12.9 Å². The maximum Gasteiger partial charge on any atom is 0.0722 e. The molecule has 8 aromatic carbocycles. The van der Waals surface area contributed by atoms with E-state index in [1.54, 1.807) is 5.56 Å². The van der Waals surface area contributed by atoms with E-state index >= 15 is 0 Å². The molecule has 0 atom stereocenters. The van der Waals surface area contributed by atoms with Gasteiger partial charge in [0.2, 0.25) is 0 Å².